The normalized spacial score (nSPS) is 13.1. The number of nitrogens with zero attached hydrogens (tertiary/aromatic N) is 1. The first-order chi connectivity index (χ1) is 10.4. The van der Waals surface area contributed by atoms with Crippen molar-refractivity contribution in [3.63, 3.8) is 0 Å². The summed E-state index contributed by atoms with van der Waals surface area (Å²) in [5.74, 6) is 0.110. The quantitative estimate of drug-likeness (QED) is 0.797. The van der Waals surface area contributed by atoms with E-state index < -0.39 is 10.0 Å². The Hall–Kier alpha value is -1.40. The topological polar surface area (TPSA) is 66.5 Å². The zero-order valence-corrected chi connectivity index (χ0v) is 14.6. The molecule has 1 N–H and O–H groups in total. The van der Waals surface area contributed by atoms with Gasteiger partial charge >= 0.3 is 0 Å². The summed E-state index contributed by atoms with van der Waals surface area (Å²) in [5, 5.41) is 2.62. The van der Waals surface area contributed by atoms with E-state index >= 15 is 0 Å². The monoisotopic (exact) mass is 326 g/mol. The molecule has 5 nitrogen and oxygen atoms in total. The Kier molecular flexibility index (Phi) is 7.03. The Morgan fingerprint density at radius 3 is 2.23 bits per heavy atom. The predicted molar refractivity (Wildman–Crippen MR) is 88.3 cm³/mol. The Balaban J connectivity index is 2.98. The van der Waals surface area contributed by atoms with Gasteiger partial charge in [-0.3, -0.25) is 4.79 Å². The first kappa shape index (κ1) is 18.6. The van der Waals surface area contributed by atoms with Crippen LogP contribution in [0.25, 0.3) is 0 Å². The maximum Gasteiger partial charge on any atom is 0.243 e. The first-order valence-corrected chi connectivity index (χ1v) is 9.17. The van der Waals surface area contributed by atoms with Crippen LogP contribution in [0.4, 0.5) is 0 Å². The third-order valence-electron chi connectivity index (χ3n) is 3.75. The molecule has 1 unspecified atom stereocenters. The highest BCUT2D eigenvalue weighted by molar-refractivity contribution is 7.89. The number of sulfonamides is 1. The van der Waals surface area contributed by atoms with Crippen LogP contribution in [-0.2, 0) is 14.8 Å². The highest BCUT2D eigenvalue weighted by Crippen LogP contribution is 2.22. The minimum atomic E-state index is -3.64. The molecular formula is C16H26N2O3S. The van der Waals surface area contributed by atoms with Crippen LogP contribution in [0.15, 0.2) is 29.2 Å². The second-order valence-corrected chi connectivity index (χ2v) is 7.20. The summed E-state index contributed by atoms with van der Waals surface area (Å²) in [4.78, 5) is 11.9. The number of benzene rings is 1. The first-order valence-electron chi connectivity index (χ1n) is 7.73. The van der Waals surface area contributed by atoms with Crippen LogP contribution in [-0.4, -0.2) is 38.3 Å². The summed E-state index contributed by atoms with van der Waals surface area (Å²) >= 11 is 0. The van der Waals surface area contributed by atoms with Crippen LogP contribution >= 0.6 is 0 Å². The second-order valence-electron chi connectivity index (χ2n) is 5.26. The molecule has 0 aliphatic carbocycles. The second kappa shape index (κ2) is 8.29. The maximum absolute atomic E-state index is 12.6. The molecule has 0 radical (unpaired) electrons. The van der Waals surface area contributed by atoms with Crippen LogP contribution in [0.1, 0.15) is 45.6 Å². The molecule has 124 valence electrons. The molecule has 6 heteroatoms. The van der Waals surface area contributed by atoms with E-state index in [2.05, 4.69) is 19.2 Å². The highest BCUT2D eigenvalue weighted by atomic mass is 32.2. The number of amides is 1. The summed E-state index contributed by atoms with van der Waals surface area (Å²) in [5.41, 5.74) is 1.12. The van der Waals surface area contributed by atoms with E-state index in [1.807, 2.05) is 12.1 Å². The van der Waals surface area contributed by atoms with Crippen molar-refractivity contribution in [1.29, 1.82) is 0 Å². The number of carbonyl (C=O) groups is 1. The van der Waals surface area contributed by atoms with Crippen LogP contribution in [0.5, 0.6) is 0 Å². The largest absolute Gasteiger partial charge is 0.355 e. The summed E-state index contributed by atoms with van der Waals surface area (Å²) in [7, 11) is -3.64. The molecule has 1 amide bonds. The Morgan fingerprint density at radius 1 is 1.18 bits per heavy atom. The summed E-state index contributed by atoms with van der Waals surface area (Å²) in [6, 6.07) is 6.94. The summed E-state index contributed by atoms with van der Waals surface area (Å²) < 4.78 is 26.4. The number of hydrogen-bond donors (Lipinski definition) is 1. The molecule has 0 spiro atoms. The van der Waals surface area contributed by atoms with Gasteiger partial charge in [0.2, 0.25) is 15.9 Å². The third-order valence-corrected chi connectivity index (χ3v) is 5.68. The van der Waals surface area contributed by atoms with Gasteiger partial charge in [0, 0.05) is 13.1 Å². The lowest BCUT2D eigenvalue weighted by molar-refractivity contribution is -0.121. The predicted octanol–water partition coefficient (Wildman–Crippen LogP) is 2.35. The molecule has 0 saturated carbocycles. The number of nitrogens with one attached hydrogen (secondary N) is 1. The van der Waals surface area contributed by atoms with Crippen LogP contribution in [0.3, 0.4) is 0 Å². The van der Waals surface area contributed by atoms with E-state index in [9.17, 15) is 13.2 Å². The van der Waals surface area contributed by atoms with E-state index in [0.717, 1.165) is 12.0 Å². The molecule has 1 aromatic carbocycles. The smallest absolute Gasteiger partial charge is 0.243 e. The van der Waals surface area contributed by atoms with E-state index in [0.29, 0.717) is 12.5 Å². The van der Waals surface area contributed by atoms with Crippen LogP contribution < -0.4 is 5.32 Å². The molecule has 0 bridgehead atoms. The molecule has 0 aliphatic heterocycles. The van der Waals surface area contributed by atoms with Gasteiger partial charge in [-0.25, -0.2) is 8.42 Å². The zero-order chi connectivity index (χ0) is 16.8. The lowest BCUT2D eigenvalue weighted by Gasteiger charge is -2.20. The van der Waals surface area contributed by atoms with Gasteiger partial charge in [0.05, 0.1) is 11.4 Å². The third kappa shape index (κ3) is 4.55. The van der Waals surface area contributed by atoms with E-state index in [-0.39, 0.29) is 23.9 Å². The lowest BCUT2D eigenvalue weighted by Crippen LogP contribution is -2.40. The number of rotatable bonds is 8. The van der Waals surface area contributed by atoms with Gasteiger partial charge in [0.15, 0.2) is 0 Å². The molecule has 1 rings (SSSR count). The van der Waals surface area contributed by atoms with Gasteiger partial charge in [-0.05, 0) is 37.0 Å². The fraction of sp³-hybridized carbons (Fsp3) is 0.562. The van der Waals surface area contributed by atoms with Crippen molar-refractivity contribution in [2.24, 2.45) is 0 Å². The van der Waals surface area contributed by atoms with Gasteiger partial charge in [-0.15, -0.1) is 0 Å². The van der Waals surface area contributed by atoms with E-state index in [4.69, 9.17) is 0 Å². The number of carbonyl (C=O) groups excluding carboxylic acids is 1. The van der Waals surface area contributed by atoms with Gasteiger partial charge in [0.1, 0.15) is 0 Å². The van der Waals surface area contributed by atoms with Crippen LogP contribution in [0.2, 0.25) is 0 Å². The van der Waals surface area contributed by atoms with Crippen molar-refractivity contribution in [2.45, 2.75) is 44.9 Å². The lowest BCUT2D eigenvalue weighted by atomic mass is 9.99. The van der Waals surface area contributed by atoms with Gasteiger partial charge in [-0.1, -0.05) is 32.9 Å². The SMILES string of the molecule is CCNC(=O)CN(CC)S(=O)(=O)c1ccc(C(C)CC)cc1. The van der Waals surface area contributed by atoms with Crippen molar-refractivity contribution in [3.05, 3.63) is 29.8 Å². The number of likely N-dealkylation sites (N-methyl/N-ethyl adjacent to an activating group) is 2. The fourth-order valence-corrected chi connectivity index (χ4v) is 3.54. The molecule has 1 aromatic rings. The maximum atomic E-state index is 12.6. The molecular weight excluding hydrogens is 300 g/mol. The molecule has 1 atom stereocenters. The van der Waals surface area contributed by atoms with Crippen molar-refractivity contribution in [3.8, 4) is 0 Å². The van der Waals surface area contributed by atoms with E-state index in [1.54, 1.807) is 26.0 Å². The molecule has 22 heavy (non-hydrogen) atoms. The Bertz CT molecular complexity index is 582. The highest BCUT2D eigenvalue weighted by Gasteiger charge is 2.25. The minimum Gasteiger partial charge on any atom is -0.355 e. The zero-order valence-electron chi connectivity index (χ0n) is 13.8. The van der Waals surface area contributed by atoms with Gasteiger partial charge in [-0.2, -0.15) is 4.31 Å². The molecule has 0 heterocycles. The summed E-state index contributed by atoms with van der Waals surface area (Å²) in [6.07, 6.45) is 1.00. The van der Waals surface area contributed by atoms with Gasteiger partial charge in [0.25, 0.3) is 0 Å². The molecule has 0 saturated heterocycles. The fourth-order valence-electron chi connectivity index (χ4n) is 2.13. The van der Waals surface area contributed by atoms with Crippen molar-refractivity contribution in [1.82, 2.24) is 9.62 Å². The van der Waals surface area contributed by atoms with Crippen molar-refractivity contribution < 1.29 is 13.2 Å². The van der Waals surface area contributed by atoms with E-state index in [1.165, 1.54) is 4.31 Å². The molecule has 0 aromatic heterocycles. The van der Waals surface area contributed by atoms with Gasteiger partial charge < -0.3 is 5.32 Å². The van der Waals surface area contributed by atoms with Crippen molar-refractivity contribution >= 4 is 15.9 Å². The summed E-state index contributed by atoms with van der Waals surface area (Å²) in [6.45, 7) is 8.32. The minimum absolute atomic E-state index is 0.153. The van der Waals surface area contributed by atoms with Crippen LogP contribution in [0, 0.1) is 0 Å². The average Bonchev–Trinajstić information content (AvgIpc) is 2.52. The van der Waals surface area contributed by atoms with Crippen molar-refractivity contribution in [2.75, 3.05) is 19.6 Å². The average molecular weight is 326 g/mol. The standard InChI is InChI=1S/C16H26N2O3S/c1-5-13(4)14-8-10-15(11-9-14)22(20,21)18(7-3)12-16(19)17-6-2/h8-11,13H,5-7,12H2,1-4H3,(H,17,19). The Morgan fingerprint density at radius 2 is 1.77 bits per heavy atom. The molecule has 0 fully saturated rings. The Labute approximate surface area is 133 Å². The number of hydrogen-bond acceptors (Lipinski definition) is 3. The molecule has 0 aliphatic rings.